The highest BCUT2D eigenvalue weighted by Crippen LogP contribution is 2.10. The van der Waals surface area contributed by atoms with Crippen molar-refractivity contribution in [3.8, 4) is 0 Å². The monoisotopic (exact) mass is 198 g/mol. The average molecular weight is 199 g/mol. The predicted octanol–water partition coefficient (Wildman–Crippen LogP) is 2.53. The van der Waals surface area contributed by atoms with Crippen LogP contribution in [0.5, 0.6) is 0 Å². The number of carbonyl (C=O) groups is 1. The van der Waals surface area contributed by atoms with Gasteiger partial charge in [0.25, 0.3) is 0 Å². The summed E-state index contributed by atoms with van der Waals surface area (Å²) in [6.07, 6.45) is 0. The second-order valence-electron chi connectivity index (χ2n) is 2.09. The molecule has 52 valence electrons. The number of carbonyl (C=O) groups excluding carboxylic acids is 1. The van der Waals surface area contributed by atoms with Crippen molar-refractivity contribution in [2.24, 2.45) is 0 Å². The van der Waals surface area contributed by atoms with E-state index in [1.807, 2.05) is 25.1 Å². The van der Waals surface area contributed by atoms with Gasteiger partial charge in [-0.25, -0.2) is 0 Å². The van der Waals surface area contributed by atoms with Crippen LogP contribution in [0.2, 0.25) is 0 Å². The fraction of sp³-hybridized carbons (Fsp3) is 0.125. The van der Waals surface area contributed by atoms with Gasteiger partial charge in [0, 0.05) is 5.56 Å². The smallest absolute Gasteiger partial charge is 0.228 e. The number of rotatable bonds is 1. The first kappa shape index (κ1) is 7.48. The van der Waals surface area contributed by atoms with Crippen molar-refractivity contribution in [1.82, 2.24) is 0 Å². The van der Waals surface area contributed by atoms with Gasteiger partial charge in [0.05, 0.1) is 0 Å². The lowest BCUT2D eigenvalue weighted by Gasteiger charge is -1.96. The lowest BCUT2D eigenvalue weighted by molar-refractivity contribution is 0.109. The van der Waals surface area contributed by atoms with Crippen LogP contribution in [-0.2, 0) is 0 Å². The van der Waals surface area contributed by atoms with E-state index in [4.69, 9.17) is 0 Å². The van der Waals surface area contributed by atoms with Crippen molar-refractivity contribution in [1.29, 1.82) is 0 Å². The maximum Gasteiger partial charge on any atom is 0.228 e. The molecule has 0 atom stereocenters. The zero-order chi connectivity index (χ0) is 7.56. The molecule has 2 heteroatoms. The van der Waals surface area contributed by atoms with Crippen molar-refractivity contribution in [2.45, 2.75) is 6.92 Å². The molecule has 0 bridgehead atoms. The van der Waals surface area contributed by atoms with E-state index in [0.717, 1.165) is 11.1 Å². The maximum absolute atomic E-state index is 10.8. The highest BCUT2D eigenvalue weighted by Gasteiger charge is 2.01. The fourth-order valence-electron chi connectivity index (χ4n) is 0.793. The van der Waals surface area contributed by atoms with Gasteiger partial charge in [0.1, 0.15) is 0 Å². The molecule has 0 amide bonds. The Morgan fingerprint density at radius 2 is 2.00 bits per heavy atom. The zero-order valence-electron chi connectivity index (χ0n) is 5.60. The molecule has 0 radical (unpaired) electrons. The van der Waals surface area contributed by atoms with Crippen molar-refractivity contribution in [3.63, 3.8) is 0 Å². The van der Waals surface area contributed by atoms with Gasteiger partial charge >= 0.3 is 0 Å². The van der Waals surface area contributed by atoms with Crippen molar-refractivity contribution in [2.75, 3.05) is 0 Å². The number of benzene rings is 1. The lowest BCUT2D eigenvalue weighted by Crippen LogP contribution is -1.90. The van der Waals surface area contributed by atoms with Gasteiger partial charge in [-0.2, -0.15) is 0 Å². The van der Waals surface area contributed by atoms with Crippen LogP contribution in [0.4, 0.5) is 0 Å². The van der Waals surface area contributed by atoms with E-state index in [1.165, 1.54) is 0 Å². The largest absolute Gasteiger partial charge is 0.281 e. The summed E-state index contributed by atoms with van der Waals surface area (Å²) in [6.45, 7) is 1.91. The summed E-state index contributed by atoms with van der Waals surface area (Å²) in [5, 5.41) is 0. The third-order valence-electron chi connectivity index (χ3n) is 1.36. The van der Waals surface area contributed by atoms with Gasteiger partial charge < -0.3 is 0 Å². The molecule has 0 saturated heterocycles. The minimum absolute atomic E-state index is 0.0504. The van der Waals surface area contributed by atoms with Gasteiger partial charge in [-0.15, -0.1) is 0 Å². The van der Waals surface area contributed by atoms with E-state index in [9.17, 15) is 4.79 Å². The Bertz CT molecular complexity index is 255. The number of halogens is 1. The Hall–Kier alpha value is -0.630. The molecular formula is C8H7BrO. The summed E-state index contributed by atoms with van der Waals surface area (Å²) in [4.78, 5) is 10.8. The van der Waals surface area contributed by atoms with E-state index >= 15 is 0 Å². The molecule has 1 aromatic rings. The molecule has 10 heavy (non-hydrogen) atoms. The molecule has 0 saturated carbocycles. The molecule has 0 fully saturated rings. The molecule has 0 aliphatic rings. The second kappa shape index (κ2) is 2.97. The van der Waals surface area contributed by atoms with Crippen LogP contribution < -0.4 is 0 Å². The van der Waals surface area contributed by atoms with Crippen molar-refractivity contribution < 1.29 is 4.79 Å². The van der Waals surface area contributed by atoms with Crippen LogP contribution in [0, 0.1) is 6.92 Å². The van der Waals surface area contributed by atoms with Crippen molar-refractivity contribution >= 4 is 20.6 Å². The van der Waals surface area contributed by atoms with Gasteiger partial charge in [-0.05, 0) is 28.4 Å². The molecule has 1 nitrogen and oxygen atoms in total. The molecule has 0 unspecified atom stereocenters. The maximum atomic E-state index is 10.8. The Kier molecular flexibility index (Phi) is 2.22. The van der Waals surface area contributed by atoms with Crippen LogP contribution >= 0.6 is 15.9 Å². The van der Waals surface area contributed by atoms with Crippen LogP contribution in [0.25, 0.3) is 0 Å². The van der Waals surface area contributed by atoms with Crippen LogP contribution in [0.15, 0.2) is 24.3 Å². The normalized spacial score (nSPS) is 9.40. The van der Waals surface area contributed by atoms with Gasteiger partial charge in [-0.3, -0.25) is 4.79 Å². The van der Waals surface area contributed by atoms with Crippen LogP contribution in [0.3, 0.4) is 0 Å². The molecule has 0 N–H and O–H groups in total. The first-order chi connectivity index (χ1) is 4.72. The Balaban J connectivity index is 3.15. The highest BCUT2D eigenvalue weighted by molar-refractivity contribution is 9.18. The topological polar surface area (TPSA) is 17.1 Å². The van der Waals surface area contributed by atoms with Crippen molar-refractivity contribution in [3.05, 3.63) is 35.4 Å². The summed E-state index contributed by atoms with van der Waals surface area (Å²) in [5.41, 5.74) is 1.74. The highest BCUT2D eigenvalue weighted by atomic mass is 79.9. The summed E-state index contributed by atoms with van der Waals surface area (Å²) in [6, 6.07) is 7.47. The number of hydrogen-bond acceptors (Lipinski definition) is 1. The lowest BCUT2D eigenvalue weighted by atomic mass is 10.1. The second-order valence-corrected chi connectivity index (χ2v) is 2.81. The van der Waals surface area contributed by atoms with E-state index < -0.39 is 0 Å². The standard InChI is InChI=1S/C8H7BrO/c1-6-4-2-3-5-7(6)8(9)10/h2-5H,1H3. The summed E-state index contributed by atoms with van der Waals surface area (Å²) >= 11 is 2.89. The molecule has 0 spiro atoms. The number of hydrogen-bond donors (Lipinski definition) is 0. The third-order valence-corrected chi connectivity index (χ3v) is 1.78. The van der Waals surface area contributed by atoms with Crippen LogP contribution in [-0.4, -0.2) is 4.69 Å². The SMILES string of the molecule is Cc1ccccc1C(=O)Br. The van der Waals surface area contributed by atoms with Crippen LogP contribution in [0.1, 0.15) is 15.9 Å². The molecular weight excluding hydrogens is 192 g/mol. The molecule has 1 rings (SSSR count). The first-order valence-corrected chi connectivity index (χ1v) is 3.76. The van der Waals surface area contributed by atoms with E-state index in [1.54, 1.807) is 6.07 Å². The average Bonchev–Trinajstić information content (AvgIpc) is 1.88. The van der Waals surface area contributed by atoms with Gasteiger partial charge in [-0.1, -0.05) is 24.3 Å². The first-order valence-electron chi connectivity index (χ1n) is 2.97. The Morgan fingerprint density at radius 1 is 1.40 bits per heavy atom. The molecule has 0 aliphatic carbocycles. The minimum Gasteiger partial charge on any atom is -0.281 e. The molecule has 0 heterocycles. The molecule has 0 aromatic heterocycles. The summed E-state index contributed by atoms with van der Waals surface area (Å²) in [5.74, 6) is 0. The summed E-state index contributed by atoms with van der Waals surface area (Å²) in [7, 11) is 0. The summed E-state index contributed by atoms with van der Waals surface area (Å²) < 4.78 is -0.0504. The molecule has 1 aromatic carbocycles. The van der Waals surface area contributed by atoms with Gasteiger partial charge in [0.15, 0.2) is 0 Å². The fourth-order valence-corrected chi connectivity index (χ4v) is 1.24. The van der Waals surface area contributed by atoms with Gasteiger partial charge in [0.2, 0.25) is 4.69 Å². The Morgan fingerprint density at radius 3 is 2.40 bits per heavy atom. The molecule has 0 aliphatic heterocycles. The van der Waals surface area contributed by atoms with E-state index in [2.05, 4.69) is 15.9 Å². The zero-order valence-corrected chi connectivity index (χ0v) is 7.18. The number of aryl methyl sites for hydroxylation is 1. The quantitative estimate of drug-likeness (QED) is 0.635. The predicted molar refractivity (Wildman–Crippen MR) is 44.4 cm³/mol. The van der Waals surface area contributed by atoms with E-state index in [-0.39, 0.29) is 4.69 Å². The Labute approximate surface area is 68.2 Å². The van der Waals surface area contributed by atoms with E-state index in [0.29, 0.717) is 0 Å². The third kappa shape index (κ3) is 1.45. The minimum atomic E-state index is -0.0504.